The number of benzene rings is 1. The molecule has 0 saturated carbocycles. The number of alkyl halides is 3. The highest BCUT2D eigenvalue weighted by atomic mass is 35.5. The van der Waals surface area contributed by atoms with Crippen LogP contribution in [0.1, 0.15) is 23.2 Å². The predicted molar refractivity (Wildman–Crippen MR) is 88.3 cm³/mol. The number of amides is 1. The minimum Gasteiger partial charge on any atom is -0.343 e. The van der Waals surface area contributed by atoms with Gasteiger partial charge in [0, 0.05) is 18.2 Å². The van der Waals surface area contributed by atoms with Crippen molar-refractivity contribution in [3.63, 3.8) is 0 Å². The zero-order valence-electron chi connectivity index (χ0n) is 13.1. The van der Waals surface area contributed by atoms with Gasteiger partial charge in [-0.2, -0.15) is 13.2 Å². The van der Waals surface area contributed by atoms with E-state index in [0.29, 0.717) is 0 Å². The Kier molecular flexibility index (Phi) is 7.66. The van der Waals surface area contributed by atoms with Crippen molar-refractivity contribution in [2.24, 2.45) is 0 Å². The van der Waals surface area contributed by atoms with Gasteiger partial charge in [-0.05, 0) is 37.6 Å². The third kappa shape index (κ3) is 6.81. The van der Waals surface area contributed by atoms with Crippen molar-refractivity contribution in [3.8, 4) is 0 Å². The van der Waals surface area contributed by atoms with Crippen molar-refractivity contribution in [2.45, 2.75) is 30.0 Å². The lowest BCUT2D eigenvalue weighted by Gasteiger charge is -2.13. The molecule has 1 aliphatic rings. The number of halogens is 4. The van der Waals surface area contributed by atoms with E-state index in [4.69, 9.17) is 0 Å². The molecule has 1 amide bonds. The van der Waals surface area contributed by atoms with Gasteiger partial charge in [0.1, 0.15) is 6.54 Å². The lowest BCUT2D eigenvalue weighted by Crippen LogP contribution is -2.37. The van der Waals surface area contributed by atoms with Crippen molar-refractivity contribution >= 4 is 28.3 Å². The summed E-state index contributed by atoms with van der Waals surface area (Å²) in [7, 11) is -3.84. The summed E-state index contributed by atoms with van der Waals surface area (Å²) < 4.78 is 63.3. The van der Waals surface area contributed by atoms with Crippen molar-refractivity contribution in [1.82, 2.24) is 15.4 Å². The lowest BCUT2D eigenvalue weighted by molar-refractivity contribution is -0.123. The number of sulfonamides is 1. The summed E-state index contributed by atoms with van der Waals surface area (Å²) in [5.41, 5.74) is -0.152. The Labute approximate surface area is 150 Å². The first-order valence-electron chi connectivity index (χ1n) is 7.35. The topological polar surface area (TPSA) is 87.3 Å². The van der Waals surface area contributed by atoms with E-state index in [9.17, 15) is 26.4 Å². The summed E-state index contributed by atoms with van der Waals surface area (Å²) in [6.07, 6.45) is -2.70. The van der Waals surface area contributed by atoms with Crippen LogP contribution in [0.4, 0.5) is 13.2 Å². The lowest BCUT2D eigenvalue weighted by atomic mass is 10.2. The molecule has 1 aromatic rings. The van der Waals surface area contributed by atoms with Gasteiger partial charge in [-0.25, -0.2) is 13.1 Å². The maximum Gasteiger partial charge on any atom is 0.405 e. The van der Waals surface area contributed by atoms with E-state index in [1.54, 1.807) is 5.32 Å². The predicted octanol–water partition coefficient (Wildman–Crippen LogP) is 1.43. The molecule has 1 unspecified atom stereocenters. The Morgan fingerprint density at radius 2 is 2.04 bits per heavy atom. The third-order valence-corrected chi connectivity index (χ3v) is 4.96. The number of carbonyl (C=O) groups is 1. The molecule has 142 valence electrons. The summed E-state index contributed by atoms with van der Waals surface area (Å²) in [5, 5.41) is 4.85. The second kappa shape index (κ2) is 8.84. The van der Waals surface area contributed by atoms with Gasteiger partial charge in [0.15, 0.2) is 0 Å². The SMILES string of the molecule is Cl.O=C(NCC(F)(F)F)c1cccc(S(=O)(=O)NCC2CCCN2)c1. The van der Waals surface area contributed by atoms with Gasteiger partial charge in [-0.1, -0.05) is 6.07 Å². The quantitative estimate of drug-likeness (QED) is 0.673. The molecule has 1 fully saturated rings. The molecule has 0 radical (unpaired) electrons. The number of carbonyl (C=O) groups excluding carboxylic acids is 1. The normalized spacial score (nSPS) is 17.8. The van der Waals surface area contributed by atoms with Gasteiger partial charge < -0.3 is 10.6 Å². The average molecular weight is 402 g/mol. The number of hydrogen-bond donors (Lipinski definition) is 3. The van der Waals surface area contributed by atoms with Crippen LogP contribution in [0, 0.1) is 0 Å². The van der Waals surface area contributed by atoms with Crippen molar-refractivity contribution in [2.75, 3.05) is 19.6 Å². The van der Waals surface area contributed by atoms with Gasteiger partial charge in [0.05, 0.1) is 4.90 Å². The highest BCUT2D eigenvalue weighted by Crippen LogP contribution is 2.15. The minimum absolute atomic E-state index is 0. The van der Waals surface area contributed by atoms with Crippen molar-refractivity contribution in [1.29, 1.82) is 0 Å². The van der Waals surface area contributed by atoms with Crippen LogP contribution in [-0.4, -0.2) is 46.2 Å². The summed E-state index contributed by atoms with van der Waals surface area (Å²) in [5.74, 6) is -0.984. The van der Waals surface area contributed by atoms with Gasteiger partial charge in [0.2, 0.25) is 10.0 Å². The molecule has 0 bridgehead atoms. The monoisotopic (exact) mass is 401 g/mol. The molecular formula is C14H19ClF3N3O3S. The fraction of sp³-hybridized carbons (Fsp3) is 0.500. The van der Waals surface area contributed by atoms with Crippen LogP contribution in [-0.2, 0) is 10.0 Å². The van der Waals surface area contributed by atoms with Crippen LogP contribution in [0.25, 0.3) is 0 Å². The Bertz CT molecular complexity index is 692. The Balaban J connectivity index is 0.00000312. The fourth-order valence-electron chi connectivity index (χ4n) is 2.31. The van der Waals surface area contributed by atoms with Gasteiger partial charge in [-0.15, -0.1) is 12.4 Å². The Morgan fingerprint density at radius 1 is 1.32 bits per heavy atom. The standard InChI is InChI=1S/C14H18F3N3O3S.ClH/c15-14(16,17)9-19-13(21)10-3-1-5-12(7-10)24(22,23)20-8-11-4-2-6-18-11;/h1,3,5,7,11,18,20H,2,4,6,8-9H2,(H,19,21);1H. The minimum atomic E-state index is -4.53. The zero-order chi connectivity index (χ0) is 17.8. The van der Waals surface area contributed by atoms with Crippen LogP contribution in [0.2, 0.25) is 0 Å². The summed E-state index contributed by atoms with van der Waals surface area (Å²) in [6, 6.07) is 4.95. The molecule has 1 saturated heterocycles. The third-order valence-electron chi connectivity index (χ3n) is 3.54. The molecule has 25 heavy (non-hydrogen) atoms. The molecule has 3 N–H and O–H groups in total. The van der Waals surface area contributed by atoms with E-state index in [-0.39, 0.29) is 35.5 Å². The van der Waals surface area contributed by atoms with Gasteiger partial charge in [-0.3, -0.25) is 4.79 Å². The second-order valence-corrected chi connectivity index (χ2v) is 7.24. The fourth-order valence-corrected chi connectivity index (χ4v) is 3.44. The van der Waals surface area contributed by atoms with E-state index in [2.05, 4.69) is 10.0 Å². The van der Waals surface area contributed by atoms with Crippen LogP contribution in [0.5, 0.6) is 0 Å². The molecule has 6 nitrogen and oxygen atoms in total. The Morgan fingerprint density at radius 3 is 2.64 bits per heavy atom. The van der Waals surface area contributed by atoms with Gasteiger partial charge >= 0.3 is 6.18 Å². The smallest absolute Gasteiger partial charge is 0.343 e. The first-order valence-corrected chi connectivity index (χ1v) is 8.84. The van der Waals surface area contributed by atoms with Crippen LogP contribution in [0.15, 0.2) is 29.2 Å². The zero-order valence-corrected chi connectivity index (χ0v) is 14.7. The van der Waals surface area contributed by atoms with Crippen molar-refractivity contribution < 1.29 is 26.4 Å². The van der Waals surface area contributed by atoms with Crippen LogP contribution < -0.4 is 15.4 Å². The van der Waals surface area contributed by atoms with Crippen LogP contribution >= 0.6 is 12.4 Å². The second-order valence-electron chi connectivity index (χ2n) is 5.47. The van der Waals surface area contributed by atoms with E-state index in [0.717, 1.165) is 25.5 Å². The molecule has 0 aromatic heterocycles. The molecule has 11 heteroatoms. The summed E-state index contributed by atoms with van der Waals surface area (Å²) >= 11 is 0. The summed E-state index contributed by atoms with van der Waals surface area (Å²) in [6.45, 7) is -0.428. The number of nitrogens with one attached hydrogen (secondary N) is 3. The average Bonchev–Trinajstić information content (AvgIpc) is 3.04. The van der Waals surface area contributed by atoms with E-state index >= 15 is 0 Å². The first-order chi connectivity index (χ1) is 11.2. The molecule has 1 aromatic carbocycles. The summed E-state index contributed by atoms with van der Waals surface area (Å²) in [4.78, 5) is 11.5. The van der Waals surface area contributed by atoms with Crippen LogP contribution in [0.3, 0.4) is 0 Å². The number of rotatable bonds is 6. The first kappa shape index (κ1) is 21.7. The maximum absolute atomic E-state index is 12.2. The molecule has 0 aliphatic carbocycles. The molecule has 1 aliphatic heterocycles. The maximum atomic E-state index is 12.2. The number of hydrogen-bond acceptors (Lipinski definition) is 4. The van der Waals surface area contributed by atoms with Crippen molar-refractivity contribution in [3.05, 3.63) is 29.8 Å². The largest absolute Gasteiger partial charge is 0.405 e. The molecule has 1 atom stereocenters. The highest BCUT2D eigenvalue weighted by molar-refractivity contribution is 7.89. The highest BCUT2D eigenvalue weighted by Gasteiger charge is 2.28. The molecule has 2 rings (SSSR count). The van der Waals surface area contributed by atoms with E-state index in [1.807, 2.05) is 0 Å². The molecule has 1 heterocycles. The molecular weight excluding hydrogens is 383 g/mol. The van der Waals surface area contributed by atoms with Gasteiger partial charge in [0.25, 0.3) is 5.91 Å². The Hall–Kier alpha value is -1.36. The molecule has 0 spiro atoms. The van der Waals surface area contributed by atoms with E-state index in [1.165, 1.54) is 18.2 Å². The van der Waals surface area contributed by atoms with E-state index < -0.39 is 28.7 Å².